The molecule has 1 atom stereocenters. The van der Waals surface area contributed by atoms with Gasteiger partial charge < -0.3 is 15.0 Å². The van der Waals surface area contributed by atoms with Gasteiger partial charge in [-0.2, -0.15) is 0 Å². The molecule has 6 heteroatoms. The summed E-state index contributed by atoms with van der Waals surface area (Å²) in [5.41, 5.74) is 3.14. The molecular weight excluding hydrogens is 347 g/mol. The highest BCUT2D eigenvalue weighted by Crippen LogP contribution is 2.34. The van der Waals surface area contributed by atoms with Crippen LogP contribution in [-0.2, 0) is 20.9 Å². The van der Waals surface area contributed by atoms with Crippen LogP contribution in [0.4, 0.5) is 10.1 Å². The quantitative estimate of drug-likeness (QED) is 0.849. The van der Waals surface area contributed by atoms with Crippen molar-refractivity contribution < 1.29 is 18.7 Å². The Hall–Kier alpha value is -2.73. The number of nitrogens with zero attached hydrogens (tertiary/aromatic N) is 1. The number of hydrogen-bond acceptors (Lipinski definition) is 3. The topological polar surface area (TPSA) is 58.6 Å². The van der Waals surface area contributed by atoms with E-state index in [2.05, 4.69) is 5.32 Å². The van der Waals surface area contributed by atoms with Crippen molar-refractivity contribution >= 4 is 17.5 Å². The van der Waals surface area contributed by atoms with Gasteiger partial charge in [0.25, 0.3) is 0 Å². The highest BCUT2D eigenvalue weighted by molar-refractivity contribution is 6.01. The van der Waals surface area contributed by atoms with Crippen molar-refractivity contribution in [3.05, 3.63) is 65.0 Å². The zero-order chi connectivity index (χ0) is 19.4. The summed E-state index contributed by atoms with van der Waals surface area (Å²) >= 11 is 0. The molecule has 0 saturated carbocycles. The molecule has 2 aromatic carbocycles. The largest absolute Gasteiger partial charge is 0.383 e. The van der Waals surface area contributed by atoms with Crippen LogP contribution in [0.15, 0.2) is 42.5 Å². The minimum absolute atomic E-state index is 0.00661. The number of carbonyl (C=O) groups is 2. The van der Waals surface area contributed by atoms with Gasteiger partial charge in [0.2, 0.25) is 11.8 Å². The number of benzene rings is 2. The molecule has 0 bridgehead atoms. The summed E-state index contributed by atoms with van der Waals surface area (Å²) in [4.78, 5) is 27.0. The molecule has 142 valence electrons. The van der Waals surface area contributed by atoms with Gasteiger partial charge >= 0.3 is 0 Å². The summed E-state index contributed by atoms with van der Waals surface area (Å²) in [5.74, 6) is -1.57. The number of methoxy groups -OCH3 is 1. The third-order valence-corrected chi connectivity index (χ3v) is 4.72. The Bertz CT molecular complexity index is 836. The van der Waals surface area contributed by atoms with E-state index in [1.54, 1.807) is 12.0 Å². The lowest BCUT2D eigenvalue weighted by atomic mass is 9.89. The Balaban J connectivity index is 1.88. The highest BCUT2D eigenvalue weighted by Gasteiger charge is 2.33. The molecule has 5 nitrogen and oxygen atoms in total. The monoisotopic (exact) mass is 370 g/mol. The summed E-state index contributed by atoms with van der Waals surface area (Å²) in [6.07, 6.45) is 0.00661. The van der Waals surface area contributed by atoms with Crippen molar-refractivity contribution in [1.82, 2.24) is 4.90 Å². The number of halogens is 1. The molecule has 0 aliphatic carbocycles. The fourth-order valence-corrected chi connectivity index (χ4v) is 3.26. The average Bonchev–Trinajstić information content (AvgIpc) is 2.66. The van der Waals surface area contributed by atoms with Crippen LogP contribution in [0.25, 0.3) is 0 Å². The number of ether oxygens (including phenoxy) is 1. The Morgan fingerprint density at radius 2 is 2.00 bits per heavy atom. The second-order valence-corrected chi connectivity index (χ2v) is 6.77. The molecular formula is C21H23FN2O3. The number of anilines is 1. The summed E-state index contributed by atoms with van der Waals surface area (Å²) < 4.78 is 18.9. The molecule has 2 aromatic rings. The zero-order valence-electron chi connectivity index (χ0n) is 15.5. The third-order valence-electron chi connectivity index (χ3n) is 4.72. The van der Waals surface area contributed by atoms with E-state index in [4.69, 9.17) is 4.74 Å². The maximum atomic E-state index is 13.8. The van der Waals surface area contributed by atoms with Crippen molar-refractivity contribution in [1.29, 1.82) is 0 Å². The van der Waals surface area contributed by atoms with E-state index in [-0.39, 0.29) is 18.2 Å². The molecule has 1 aliphatic rings. The lowest BCUT2D eigenvalue weighted by Crippen LogP contribution is -2.40. The molecule has 1 aliphatic heterocycles. The second-order valence-electron chi connectivity index (χ2n) is 6.77. The number of amides is 2. The lowest BCUT2D eigenvalue weighted by Gasteiger charge is -2.31. The first-order valence-corrected chi connectivity index (χ1v) is 8.90. The summed E-state index contributed by atoms with van der Waals surface area (Å²) in [6.45, 7) is 3.19. The van der Waals surface area contributed by atoms with Gasteiger partial charge in [-0.1, -0.05) is 29.8 Å². The van der Waals surface area contributed by atoms with E-state index in [1.165, 1.54) is 18.2 Å². The van der Waals surface area contributed by atoms with Gasteiger partial charge in [0, 0.05) is 32.3 Å². The predicted octanol–water partition coefficient (Wildman–Crippen LogP) is 3.24. The molecule has 1 unspecified atom stereocenters. The van der Waals surface area contributed by atoms with E-state index in [9.17, 15) is 14.0 Å². The molecule has 0 fully saturated rings. The minimum atomic E-state index is -0.702. The van der Waals surface area contributed by atoms with Gasteiger partial charge in [-0.15, -0.1) is 0 Å². The molecule has 3 rings (SSSR count). The summed E-state index contributed by atoms with van der Waals surface area (Å²) in [5, 5.41) is 2.71. The van der Waals surface area contributed by atoms with Gasteiger partial charge in [0.05, 0.1) is 12.5 Å². The smallest absolute Gasteiger partial charge is 0.231 e. The first kappa shape index (κ1) is 19.0. The molecule has 27 heavy (non-hydrogen) atoms. The fraction of sp³-hybridized carbons (Fsp3) is 0.333. The number of fused-ring (bicyclic) bond motifs is 1. The molecule has 1 heterocycles. The van der Waals surface area contributed by atoms with Crippen molar-refractivity contribution in [3.8, 4) is 0 Å². The molecule has 0 aromatic heterocycles. The highest BCUT2D eigenvalue weighted by atomic mass is 19.1. The Morgan fingerprint density at radius 3 is 2.70 bits per heavy atom. The van der Waals surface area contributed by atoms with Crippen LogP contribution in [-0.4, -0.2) is 37.0 Å². The molecule has 0 saturated heterocycles. The lowest BCUT2D eigenvalue weighted by molar-refractivity contribution is -0.136. The second kappa shape index (κ2) is 8.31. The van der Waals surface area contributed by atoms with E-state index in [1.807, 2.05) is 31.2 Å². The number of carbonyl (C=O) groups excluding carboxylic acids is 2. The molecule has 1 N–H and O–H groups in total. The first-order valence-electron chi connectivity index (χ1n) is 8.90. The van der Waals surface area contributed by atoms with Gasteiger partial charge in [-0.3, -0.25) is 9.59 Å². The van der Waals surface area contributed by atoms with Crippen molar-refractivity contribution in [2.45, 2.75) is 25.8 Å². The number of hydrogen-bond donors (Lipinski definition) is 1. The standard InChI is InChI=1S/C21H23FN2O3/c1-14-3-5-15(6-4-14)13-24(9-10-27-2)21(26)18-12-20(25)23-19-8-7-16(22)11-17(18)19/h3-8,11,18H,9-10,12-13H2,1-2H3,(H,23,25). The Morgan fingerprint density at radius 1 is 1.26 bits per heavy atom. The SMILES string of the molecule is COCCN(Cc1ccc(C)cc1)C(=O)C1CC(=O)Nc2ccc(F)cc21. The van der Waals surface area contributed by atoms with Crippen molar-refractivity contribution in [2.75, 3.05) is 25.6 Å². The van der Waals surface area contributed by atoms with Crippen LogP contribution in [0, 0.1) is 12.7 Å². The van der Waals surface area contributed by atoms with Crippen LogP contribution >= 0.6 is 0 Å². The maximum Gasteiger partial charge on any atom is 0.231 e. The van der Waals surface area contributed by atoms with Crippen LogP contribution < -0.4 is 5.32 Å². The predicted molar refractivity (Wildman–Crippen MR) is 101 cm³/mol. The Kier molecular flexibility index (Phi) is 5.86. The zero-order valence-corrected chi connectivity index (χ0v) is 15.5. The van der Waals surface area contributed by atoms with E-state index in [0.717, 1.165) is 11.1 Å². The van der Waals surface area contributed by atoms with E-state index in [0.29, 0.717) is 30.9 Å². The normalized spacial score (nSPS) is 15.8. The summed E-state index contributed by atoms with van der Waals surface area (Å²) in [6, 6.07) is 12.0. The van der Waals surface area contributed by atoms with Crippen LogP contribution in [0.1, 0.15) is 29.0 Å². The van der Waals surface area contributed by atoms with Gasteiger partial charge in [0.1, 0.15) is 5.82 Å². The van der Waals surface area contributed by atoms with Gasteiger partial charge in [0.15, 0.2) is 0 Å². The Labute approximate surface area is 158 Å². The van der Waals surface area contributed by atoms with Crippen molar-refractivity contribution in [3.63, 3.8) is 0 Å². The van der Waals surface area contributed by atoms with Gasteiger partial charge in [-0.05, 0) is 36.2 Å². The molecule has 0 radical (unpaired) electrons. The number of aryl methyl sites for hydroxylation is 1. The molecule has 0 spiro atoms. The van der Waals surface area contributed by atoms with Crippen LogP contribution in [0.3, 0.4) is 0 Å². The average molecular weight is 370 g/mol. The van der Waals surface area contributed by atoms with Crippen LogP contribution in [0.5, 0.6) is 0 Å². The third kappa shape index (κ3) is 4.52. The first-order chi connectivity index (χ1) is 13.0. The van der Waals surface area contributed by atoms with E-state index >= 15 is 0 Å². The fourth-order valence-electron chi connectivity index (χ4n) is 3.26. The summed E-state index contributed by atoms with van der Waals surface area (Å²) in [7, 11) is 1.58. The van der Waals surface area contributed by atoms with E-state index < -0.39 is 11.7 Å². The minimum Gasteiger partial charge on any atom is -0.383 e. The maximum absolute atomic E-state index is 13.8. The van der Waals surface area contributed by atoms with Crippen molar-refractivity contribution in [2.24, 2.45) is 0 Å². The molecule has 2 amide bonds. The number of nitrogens with one attached hydrogen (secondary N) is 1. The van der Waals surface area contributed by atoms with Gasteiger partial charge in [-0.25, -0.2) is 4.39 Å². The number of rotatable bonds is 6. The van der Waals surface area contributed by atoms with Crippen LogP contribution in [0.2, 0.25) is 0 Å².